The van der Waals surface area contributed by atoms with Crippen molar-refractivity contribution >= 4 is 9.84 Å². The lowest BCUT2D eigenvalue weighted by molar-refractivity contribution is 0.570. The predicted octanol–water partition coefficient (Wildman–Crippen LogP) is 2.47. The van der Waals surface area contributed by atoms with Crippen LogP contribution in [0.2, 0.25) is 0 Å². The van der Waals surface area contributed by atoms with E-state index in [4.69, 9.17) is 0 Å². The van der Waals surface area contributed by atoms with Crippen molar-refractivity contribution in [1.29, 1.82) is 0 Å². The molecule has 2 rings (SSSR count). The van der Waals surface area contributed by atoms with Crippen molar-refractivity contribution in [3.05, 3.63) is 29.8 Å². The largest absolute Gasteiger partial charge is 0.301 e. The minimum atomic E-state index is -3.21. The molecule has 1 saturated heterocycles. The molecule has 0 radical (unpaired) electrons. The summed E-state index contributed by atoms with van der Waals surface area (Å²) >= 11 is 0. The standard InChI is InChI=1S/C14H21NO2S/c1-14(2,3)11-6-8-12(9-7-11)18(16,17)13-5-4-10-15-13/h6-9,13,15H,4-5,10H2,1-3H3. The van der Waals surface area contributed by atoms with Crippen LogP contribution in [0.4, 0.5) is 0 Å². The van der Waals surface area contributed by atoms with Crippen molar-refractivity contribution in [1.82, 2.24) is 5.32 Å². The van der Waals surface area contributed by atoms with Gasteiger partial charge in [-0.2, -0.15) is 0 Å². The zero-order valence-corrected chi connectivity index (χ0v) is 12.0. The summed E-state index contributed by atoms with van der Waals surface area (Å²) in [4.78, 5) is 0.426. The minimum absolute atomic E-state index is 0.0495. The van der Waals surface area contributed by atoms with Crippen LogP contribution >= 0.6 is 0 Å². The summed E-state index contributed by atoms with van der Waals surface area (Å²) in [6, 6.07) is 7.30. The van der Waals surface area contributed by atoms with E-state index in [9.17, 15) is 8.42 Å². The topological polar surface area (TPSA) is 46.2 Å². The molecule has 1 aliphatic rings. The monoisotopic (exact) mass is 267 g/mol. The predicted molar refractivity (Wildman–Crippen MR) is 73.4 cm³/mol. The molecule has 0 aliphatic carbocycles. The van der Waals surface area contributed by atoms with Crippen molar-refractivity contribution in [2.24, 2.45) is 0 Å². The van der Waals surface area contributed by atoms with Crippen LogP contribution in [-0.2, 0) is 15.3 Å². The van der Waals surface area contributed by atoms with Gasteiger partial charge in [0.1, 0.15) is 5.37 Å². The average Bonchev–Trinajstić information content (AvgIpc) is 2.82. The van der Waals surface area contributed by atoms with E-state index in [1.165, 1.54) is 0 Å². The molecule has 1 aromatic rings. The Morgan fingerprint density at radius 2 is 1.78 bits per heavy atom. The first-order chi connectivity index (χ1) is 8.32. The molecule has 1 atom stereocenters. The lowest BCUT2D eigenvalue weighted by Gasteiger charge is -2.19. The Hall–Kier alpha value is -0.870. The molecule has 4 heteroatoms. The molecule has 18 heavy (non-hydrogen) atoms. The molecule has 1 N–H and O–H groups in total. The van der Waals surface area contributed by atoms with E-state index in [1.54, 1.807) is 12.1 Å². The number of sulfone groups is 1. The Morgan fingerprint density at radius 1 is 1.17 bits per heavy atom. The Labute approximate surface area is 110 Å². The van der Waals surface area contributed by atoms with Crippen molar-refractivity contribution in [2.75, 3.05) is 6.54 Å². The van der Waals surface area contributed by atoms with Crippen molar-refractivity contribution in [3.63, 3.8) is 0 Å². The molecule has 1 unspecified atom stereocenters. The fourth-order valence-electron chi connectivity index (χ4n) is 2.23. The summed E-state index contributed by atoms with van der Waals surface area (Å²) in [7, 11) is -3.21. The van der Waals surface area contributed by atoms with Crippen LogP contribution in [-0.4, -0.2) is 20.3 Å². The zero-order valence-electron chi connectivity index (χ0n) is 11.2. The highest BCUT2D eigenvalue weighted by atomic mass is 32.2. The van der Waals surface area contributed by atoms with E-state index in [2.05, 4.69) is 26.1 Å². The van der Waals surface area contributed by atoms with E-state index < -0.39 is 15.2 Å². The van der Waals surface area contributed by atoms with Crippen molar-refractivity contribution in [2.45, 2.75) is 49.3 Å². The van der Waals surface area contributed by atoms with Gasteiger partial charge in [0, 0.05) is 0 Å². The van der Waals surface area contributed by atoms with E-state index >= 15 is 0 Å². The maximum Gasteiger partial charge on any atom is 0.194 e. The molecular formula is C14H21NO2S. The second-order valence-corrected chi connectivity index (χ2v) is 8.03. The molecule has 1 fully saturated rings. The summed E-state index contributed by atoms with van der Waals surface area (Å²) < 4.78 is 24.7. The average molecular weight is 267 g/mol. The molecule has 0 amide bonds. The van der Waals surface area contributed by atoms with Crippen LogP contribution in [0.25, 0.3) is 0 Å². The molecule has 1 heterocycles. The second-order valence-electron chi connectivity index (χ2n) is 5.90. The third kappa shape index (κ3) is 2.59. The SMILES string of the molecule is CC(C)(C)c1ccc(S(=O)(=O)C2CCCN2)cc1. The summed E-state index contributed by atoms with van der Waals surface area (Å²) in [6.07, 6.45) is 1.65. The van der Waals surface area contributed by atoms with E-state index in [-0.39, 0.29) is 5.41 Å². The van der Waals surface area contributed by atoms with E-state index in [0.717, 1.165) is 18.5 Å². The normalized spacial score (nSPS) is 21.2. The van der Waals surface area contributed by atoms with Gasteiger partial charge in [-0.3, -0.25) is 0 Å². The van der Waals surface area contributed by atoms with Crippen LogP contribution < -0.4 is 5.32 Å². The van der Waals surface area contributed by atoms with Gasteiger partial charge in [-0.1, -0.05) is 32.9 Å². The Bertz CT molecular complexity index is 506. The Morgan fingerprint density at radius 3 is 2.22 bits per heavy atom. The number of hydrogen-bond donors (Lipinski definition) is 1. The molecule has 0 aromatic heterocycles. The number of benzene rings is 1. The maximum absolute atomic E-state index is 12.3. The molecule has 3 nitrogen and oxygen atoms in total. The Balaban J connectivity index is 2.29. The van der Waals surface area contributed by atoms with Gasteiger partial charge < -0.3 is 5.32 Å². The van der Waals surface area contributed by atoms with Gasteiger partial charge in [0.2, 0.25) is 0 Å². The highest BCUT2D eigenvalue weighted by Gasteiger charge is 2.30. The third-order valence-corrected chi connectivity index (χ3v) is 5.52. The van der Waals surface area contributed by atoms with Crippen molar-refractivity contribution in [3.8, 4) is 0 Å². The summed E-state index contributed by atoms with van der Waals surface area (Å²) in [5.41, 5.74) is 1.20. The van der Waals surface area contributed by atoms with Gasteiger partial charge >= 0.3 is 0 Å². The third-order valence-electron chi connectivity index (χ3n) is 3.44. The van der Waals surface area contributed by atoms with Gasteiger partial charge in [-0.05, 0) is 42.5 Å². The van der Waals surface area contributed by atoms with Crippen LogP contribution in [0.1, 0.15) is 39.2 Å². The zero-order chi connectivity index (χ0) is 13.4. The lowest BCUT2D eigenvalue weighted by Crippen LogP contribution is -2.30. The lowest BCUT2D eigenvalue weighted by atomic mass is 9.87. The molecule has 100 valence electrons. The maximum atomic E-state index is 12.3. The molecule has 0 spiro atoms. The van der Waals surface area contributed by atoms with Gasteiger partial charge in [-0.15, -0.1) is 0 Å². The molecule has 0 saturated carbocycles. The summed E-state index contributed by atoms with van der Waals surface area (Å²) in [5, 5.41) is 2.65. The van der Waals surface area contributed by atoms with Gasteiger partial charge in [0.25, 0.3) is 0 Å². The van der Waals surface area contributed by atoms with Gasteiger partial charge in [0.05, 0.1) is 4.90 Å². The highest BCUT2D eigenvalue weighted by molar-refractivity contribution is 7.92. The second kappa shape index (κ2) is 4.67. The summed E-state index contributed by atoms with van der Waals surface area (Å²) in [6.45, 7) is 7.16. The van der Waals surface area contributed by atoms with Gasteiger partial charge in [0.15, 0.2) is 9.84 Å². The highest BCUT2D eigenvalue weighted by Crippen LogP contribution is 2.26. The first-order valence-corrected chi connectivity index (χ1v) is 7.94. The van der Waals surface area contributed by atoms with Gasteiger partial charge in [-0.25, -0.2) is 8.42 Å². The quantitative estimate of drug-likeness (QED) is 0.895. The van der Waals surface area contributed by atoms with Crippen LogP contribution in [0.3, 0.4) is 0 Å². The van der Waals surface area contributed by atoms with Crippen LogP contribution in [0, 0.1) is 0 Å². The van der Waals surface area contributed by atoms with E-state index in [1.807, 2.05) is 12.1 Å². The summed E-state index contributed by atoms with van der Waals surface area (Å²) in [5.74, 6) is 0. The van der Waals surface area contributed by atoms with Crippen LogP contribution in [0.15, 0.2) is 29.2 Å². The Kier molecular flexibility index (Phi) is 3.52. The van der Waals surface area contributed by atoms with Crippen LogP contribution in [0.5, 0.6) is 0 Å². The fourth-order valence-corrected chi connectivity index (χ4v) is 3.88. The first-order valence-electron chi connectivity index (χ1n) is 6.40. The first kappa shape index (κ1) is 13.6. The number of nitrogens with one attached hydrogen (secondary N) is 1. The number of hydrogen-bond acceptors (Lipinski definition) is 3. The smallest absolute Gasteiger partial charge is 0.194 e. The number of rotatable bonds is 2. The molecule has 0 bridgehead atoms. The minimum Gasteiger partial charge on any atom is -0.301 e. The van der Waals surface area contributed by atoms with E-state index in [0.29, 0.717) is 11.3 Å². The van der Waals surface area contributed by atoms with Crippen molar-refractivity contribution < 1.29 is 8.42 Å². The molecule has 1 aliphatic heterocycles. The molecular weight excluding hydrogens is 246 g/mol. The fraction of sp³-hybridized carbons (Fsp3) is 0.571. The molecule has 1 aromatic carbocycles.